The molecule has 0 radical (unpaired) electrons. The highest BCUT2D eigenvalue weighted by Crippen LogP contribution is 2.28. The van der Waals surface area contributed by atoms with Crippen molar-refractivity contribution in [3.05, 3.63) is 52.9 Å². The summed E-state index contributed by atoms with van der Waals surface area (Å²) in [6, 6.07) is 3.14. The van der Waals surface area contributed by atoms with E-state index in [2.05, 4.69) is 15.2 Å². The van der Waals surface area contributed by atoms with Gasteiger partial charge in [0.15, 0.2) is 0 Å². The average molecular weight is 385 g/mol. The summed E-state index contributed by atoms with van der Waals surface area (Å²) in [7, 11) is 0. The van der Waals surface area contributed by atoms with Gasteiger partial charge in [-0.3, -0.25) is 4.79 Å². The summed E-state index contributed by atoms with van der Waals surface area (Å²) in [5.41, 5.74) is 0.828. The van der Waals surface area contributed by atoms with E-state index in [1.54, 1.807) is 4.90 Å². The Morgan fingerprint density at radius 1 is 1.04 bits per heavy atom. The van der Waals surface area contributed by atoms with Crippen LogP contribution in [-0.4, -0.2) is 37.1 Å². The first-order valence-electron chi connectivity index (χ1n) is 9.25. The van der Waals surface area contributed by atoms with Crippen molar-refractivity contribution in [1.82, 2.24) is 24.6 Å². The quantitative estimate of drug-likeness (QED) is 0.678. The molecular weight excluding hydrogens is 368 g/mol. The summed E-state index contributed by atoms with van der Waals surface area (Å²) in [5, 5.41) is 8.23. The topological polar surface area (TPSA) is 77.0 Å². The number of halogens is 2. The summed E-state index contributed by atoms with van der Waals surface area (Å²) in [5.74, 6) is 0.412. The van der Waals surface area contributed by atoms with Crippen LogP contribution in [0.5, 0.6) is 0 Å². The highest BCUT2D eigenvalue weighted by molar-refractivity contribution is 5.91. The van der Waals surface area contributed by atoms with E-state index >= 15 is 0 Å². The van der Waals surface area contributed by atoms with Gasteiger partial charge >= 0.3 is 0 Å². The van der Waals surface area contributed by atoms with Crippen LogP contribution < -0.4 is 0 Å². The Kier molecular flexibility index (Phi) is 3.96. The Balaban J connectivity index is 1.40. The van der Waals surface area contributed by atoms with Crippen LogP contribution in [0.1, 0.15) is 40.7 Å². The van der Waals surface area contributed by atoms with Gasteiger partial charge in [0.2, 0.25) is 11.7 Å². The molecule has 0 fully saturated rings. The van der Waals surface area contributed by atoms with Crippen LogP contribution in [0.15, 0.2) is 22.6 Å². The Morgan fingerprint density at radius 2 is 1.86 bits per heavy atom. The number of hydrogen-bond acceptors (Lipinski definition) is 5. The molecule has 7 nitrogen and oxygen atoms in total. The predicted octanol–water partition coefficient (Wildman–Crippen LogP) is 2.75. The van der Waals surface area contributed by atoms with Crippen molar-refractivity contribution in [2.45, 2.75) is 38.8 Å². The molecule has 4 heterocycles. The molecule has 0 spiro atoms. The summed E-state index contributed by atoms with van der Waals surface area (Å²) in [6.45, 7) is 1.47. The number of aromatic nitrogens is 4. The number of oxazole rings is 1. The predicted molar refractivity (Wildman–Crippen MR) is 93.3 cm³/mol. The van der Waals surface area contributed by atoms with Gasteiger partial charge in [-0.05, 0) is 25.0 Å². The second-order valence-electron chi connectivity index (χ2n) is 7.07. The van der Waals surface area contributed by atoms with Crippen molar-refractivity contribution in [2.75, 3.05) is 6.54 Å². The molecule has 0 unspecified atom stereocenters. The monoisotopic (exact) mass is 385 g/mol. The van der Waals surface area contributed by atoms with Crippen LogP contribution in [0, 0.1) is 11.6 Å². The molecule has 2 aromatic heterocycles. The Bertz CT molecular complexity index is 1050. The van der Waals surface area contributed by atoms with E-state index in [-0.39, 0.29) is 23.9 Å². The number of fused-ring (bicyclic) bond motifs is 2. The third kappa shape index (κ3) is 2.87. The number of carbonyl (C=O) groups is 1. The maximum Gasteiger partial charge on any atom is 0.292 e. The Morgan fingerprint density at radius 3 is 2.68 bits per heavy atom. The molecule has 2 aliphatic rings. The minimum Gasteiger partial charge on any atom is -0.441 e. The molecule has 1 aromatic carbocycles. The van der Waals surface area contributed by atoms with Crippen molar-refractivity contribution in [3.8, 4) is 11.5 Å². The van der Waals surface area contributed by atoms with Gasteiger partial charge in [0.1, 0.15) is 28.9 Å². The summed E-state index contributed by atoms with van der Waals surface area (Å²) >= 11 is 0. The number of carbonyl (C=O) groups excluding carboxylic acids is 1. The molecular formula is C19H17F2N5O2. The van der Waals surface area contributed by atoms with Gasteiger partial charge in [0.25, 0.3) is 5.91 Å². The molecule has 144 valence electrons. The average Bonchev–Trinajstić information content (AvgIpc) is 3.30. The molecule has 2 aliphatic heterocycles. The fraction of sp³-hybridized carbons (Fsp3) is 0.368. The van der Waals surface area contributed by atoms with Crippen LogP contribution >= 0.6 is 0 Å². The van der Waals surface area contributed by atoms with Crippen molar-refractivity contribution in [3.63, 3.8) is 0 Å². The van der Waals surface area contributed by atoms with E-state index < -0.39 is 11.6 Å². The standard InChI is InChI=1S/C19H17F2N5O2/c20-12-7-11(8-13(21)9-12)18-22-14-10-25(6-4-15(14)28-18)19(27)17-24-23-16-3-1-2-5-26(16)17/h7-9H,1-6,10H2. The van der Waals surface area contributed by atoms with Crippen molar-refractivity contribution < 1.29 is 18.0 Å². The summed E-state index contributed by atoms with van der Waals surface area (Å²) in [4.78, 5) is 19.0. The SMILES string of the molecule is O=C(c1nnc2n1CCCC2)N1CCc2oc(-c3cc(F)cc(F)c3)nc2C1. The minimum absolute atomic E-state index is 0.151. The lowest BCUT2D eigenvalue weighted by Crippen LogP contribution is -2.37. The molecule has 0 atom stereocenters. The van der Waals surface area contributed by atoms with Gasteiger partial charge in [-0.25, -0.2) is 13.8 Å². The van der Waals surface area contributed by atoms with E-state index in [1.807, 2.05) is 4.57 Å². The maximum absolute atomic E-state index is 13.5. The van der Waals surface area contributed by atoms with Crippen LogP contribution in [0.25, 0.3) is 11.5 Å². The van der Waals surface area contributed by atoms with Crippen molar-refractivity contribution in [2.24, 2.45) is 0 Å². The van der Waals surface area contributed by atoms with Gasteiger partial charge in [0.05, 0.1) is 6.54 Å². The third-order valence-corrected chi connectivity index (χ3v) is 5.18. The lowest BCUT2D eigenvalue weighted by Gasteiger charge is -2.25. The van der Waals surface area contributed by atoms with Crippen LogP contribution in [0.4, 0.5) is 8.78 Å². The fourth-order valence-corrected chi connectivity index (χ4v) is 3.78. The molecule has 0 aliphatic carbocycles. The number of hydrogen-bond donors (Lipinski definition) is 0. The molecule has 9 heteroatoms. The van der Waals surface area contributed by atoms with Gasteiger partial charge in [0, 0.05) is 37.6 Å². The second kappa shape index (κ2) is 6.50. The van der Waals surface area contributed by atoms with Crippen molar-refractivity contribution >= 4 is 5.91 Å². The fourth-order valence-electron chi connectivity index (χ4n) is 3.78. The van der Waals surface area contributed by atoms with E-state index in [0.29, 0.717) is 30.2 Å². The second-order valence-corrected chi connectivity index (χ2v) is 7.07. The highest BCUT2D eigenvalue weighted by Gasteiger charge is 2.30. The van der Waals surface area contributed by atoms with Gasteiger partial charge in [-0.1, -0.05) is 0 Å². The normalized spacial score (nSPS) is 16.0. The lowest BCUT2D eigenvalue weighted by atomic mass is 10.1. The van der Waals surface area contributed by atoms with Gasteiger partial charge < -0.3 is 13.9 Å². The van der Waals surface area contributed by atoms with Crippen LogP contribution in [0.3, 0.4) is 0 Å². The first kappa shape index (κ1) is 17.0. The zero-order valence-corrected chi connectivity index (χ0v) is 15.0. The molecule has 1 amide bonds. The van der Waals surface area contributed by atoms with E-state index in [0.717, 1.165) is 37.7 Å². The maximum atomic E-state index is 13.5. The summed E-state index contributed by atoms with van der Waals surface area (Å²) < 4.78 is 34.6. The van der Waals surface area contributed by atoms with Gasteiger partial charge in [-0.15, -0.1) is 10.2 Å². The van der Waals surface area contributed by atoms with E-state index in [9.17, 15) is 13.6 Å². The number of rotatable bonds is 2. The number of aryl methyl sites for hydroxylation is 1. The molecule has 0 saturated heterocycles. The smallest absolute Gasteiger partial charge is 0.292 e. The molecule has 0 N–H and O–H groups in total. The van der Waals surface area contributed by atoms with Crippen LogP contribution in [0.2, 0.25) is 0 Å². The zero-order valence-electron chi connectivity index (χ0n) is 15.0. The Hall–Kier alpha value is -3.10. The van der Waals surface area contributed by atoms with Crippen LogP contribution in [-0.2, 0) is 25.9 Å². The number of nitrogens with zero attached hydrogens (tertiary/aromatic N) is 5. The zero-order chi connectivity index (χ0) is 19.3. The first-order valence-corrected chi connectivity index (χ1v) is 9.25. The van der Waals surface area contributed by atoms with E-state index in [1.165, 1.54) is 12.1 Å². The lowest BCUT2D eigenvalue weighted by molar-refractivity contribution is 0.0709. The molecule has 28 heavy (non-hydrogen) atoms. The largest absolute Gasteiger partial charge is 0.441 e. The first-order chi connectivity index (χ1) is 13.6. The van der Waals surface area contributed by atoms with E-state index in [4.69, 9.17) is 4.42 Å². The highest BCUT2D eigenvalue weighted by atomic mass is 19.1. The van der Waals surface area contributed by atoms with Crippen molar-refractivity contribution in [1.29, 1.82) is 0 Å². The molecule has 5 rings (SSSR count). The summed E-state index contributed by atoms with van der Waals surface area (Å²) in [6.07, 6.45) is 3.38. The number of benzene rings is 1. The molecule has 0 bridgehead atoms. The number of amides is 1. The third-order valence-electron chi connectivity index (χ3n) is 5.18. The Labute approximate surface area is 159 Å². The van der Waals surface area contributed by atoms with Gasteiger partial charge in [-0.2, -0.15) is 0 Å². The minimum atomic E-state index is -0.695. The molecule has 0 saturated carbocycles. The molecule has 3 aromatic rings.